The van der Waals surface area contributed by atoms with Gasteiger partial charge in [-0.05, 0) is 31.0 Å². The molecule has 1 fully saturated rings. The highest BCUT2D eigenvalue weighted by Gasteiger charge is 2.24. The van der Waals surface area contributed by atoms with Crippen LogP contribution < -0.4 is 0 Å². The first-order chi connectivity index (χ1) is 12.1. The number of piperazine rings is 1. The monoisotopic (exact) mass is 397 g/mol. The van der Waals surface area contributed by atoms with Crippen LogP contribution in [0.2, 0.25) is 5.02 Å². The average Bonchev–Trinajstić information content (AvgIpc) is 3.03. The molecule has 0 bridgehead atoms. The summed E-state index contributed by atoms with van der Waals surface area (Å²) in [4.78, 5) is 21.6. The van der Waals surface area contributed by atoms with Crippen LogP contribution >= 0.6 is 34.7 Å². The number of carbonyl (C=O) groups is 1. The Morgan fingerprint density at radius 3 is 2.68 bits per heavy atom. The van der Waals surface area contributed by atoms with Gasteiger partial charge in [0.25, 0.3) is 0 Å². The van der Waals surface area contributed by atoms with Crippen LogP contribution in [-0.2, 0) is 4.79 Å². The Morgan fingerprint density at radius 2 is 2.00 bits per heavy atom. The van der Waals surface area contributed by atoms with Crippen molar-refractivity contribution in [2.75, 3.05) is 31.9 Å². The van der Waals surface area contributed by atoms with E-state index in [9.17, 15) is 4.79 Å². The fourth-order valence-corrected chi connectivity index (χ4v) is 5.42. The van der Waals surface area contributed by atoms with Gasteiger partial charge in [-0.15, -0.1) is 11.3 Å². The highest BCUT2D eigenvalue weighted by molar-refractivity contribution is 8.01. The van der Waals surface area contributed by atoms with Crippen molar-refractivity contribution in [3.63, 3.8) is 0 Å². The van der Waals surface area contributed by atoms with E-state index in [1.807, 2.05) is 23.1 Å². The number of amides is 1. The molecule has 1 aromatic carbocycles. The average molecular weight is 398 g/mol. The molecule has 1 aliphatic rings. The lowest BCUT2D eigenvalue weighted by Gasteiger charge is -2.38. The van der Waals surface area contributed by atoms with Crippen molar-refractivity contribution in [3.05, 3.63) is 23.2 Å². The van der Waals surface area contributed by atoms with Gasteiger partial charge in [0, 0.05) is 37.2 Å². The van der Waals surface area contributed by atoms with Gasteiger partial charge in [-0.25, -0.2) is 4.98 Å². The Kier molecular flexibility index (Phi) is 6.61. The molecule has 3 rings (SSSR count). The molecule has 7 heteroatoms. The molecular weight excluding hydrogens is 374 g/mol. The third-order valence-electron chi connectivity index (χ3n) is 4.77. The predicted molar refractivity (Wildman–Crippen MR) is 108 cm³/mol. The standard InChI is InChI=1S/C18H24ClN3OS2/c1-3-14(4-2)21-7-9-22(10-8-21)17(23)12-24-18-20-15-11-13(19)5-6-16(15)25-18/h5-6,11,14H,3-4,7-10,12H2,1-2H3. The van der Waals surface area contributed by atoms with Gasteiger partial charge in [0.05, 0.1) is 16.0 Å². The minimum absolute atomic E-state index is 0.214. The molecule has 0 saturated carbocycles. The Hall–Kier alpha value is -0.820. The van der Waals surface area contributed by atoms with Gasteiger partial charge in [-0.3, -0.25) is 9.69 Å². The zero-order valence-electron chi connectivity index (χ0n) is 14.7. The van der Waals surface area contributed by atoms with Gasteiger partial charge in [-0.1, -0.05) is 37.2 Å². The molecule has 0 unspecified atom stereocenters. The van der Waals surface area contributed by atoms with Crippen LogP contribution in [0.4, 0.5) is 0 Å². The van der Waals surface area contributed by atoms with Gasteiger partial charge in [0.1, 0.15) is 0 Å². The molecule has 25 heavy (non-hydrogen) atoms. The number of hydrogen-bond donors (Lipinski definition) is 0. The van der Waals surface area contributed by atoms with Crippen LogP contribution in [0, 0.1) is 0 Å². The van der Waals surface area contributed by atoms with E-state index in [-0.39, 0.29) is 5.91 Å². The topological polar surface area (TPSA) is 36.4 Å². The number of thiazole rings is 1. The minimum Gasteiger partial charge on any atom is -0.339 e. The molecule has 0 N–H and O–H groups in total. The smallest absolute Gasteiger partial charge is 0.233 e. The number of fused-ring (bicyclic) bond motifs is 1. The Labute approximate surface area is 162 Å². The molecular formula is C18H24ClN3OS2. The highest BCUT2D eigenvalue weighted by atomic mass is 35.5. The molecule has 1 aliphatic heterocycles. The third-order valence-corrected chi connectivity index (χ3v) is 7.17. The summed E-state index contributed by atoms with van der Waals surface area (Å²) in [6.45, 7) is 8.14. The van der Waals surface area contributed by atoms with Crippen molar-refractivity contribution in [3.8, 4) is 0 Å². The SMILES string of the molecule is CCC(CC)N1CCN(C(=O)CSc2nc3cc(Cl)ccc3s2)CC1. The maximum absolute atomic E-state index is 12.5. The van der Waals surface area contributed by atoms with Crippen molar-refractivity contribution in [2.45, 2.75) is 37.1 Å². The summed E-state index contributed by atoms with van der Waals surface area (Å²) < 4.78 is 2.04. The van der Waals surface area contributed by atoms with Crippen LogP contribution in [0.1, 0.15) is 26.7 Å². The van der Waals surface area contributed by atoms with E-state index in [1.54, 1.807) is 11.3 Å². The fourth-order valence-electron chi connectivity index (χ4n) is 3.30. The van der Waals surface area contributed by atoms with Crippen LogP contribution in [0.5, 0.6) is 0 Å². The summed E-state index contributed by atoms with van der Waals surface area (Å²) in [7, 11) is 0. The number of rotatable bonds is 6. The number of halogens is 1. The minimum atomic E-state index is 0.214. The molecule has 0 aliphatic carbocycles. The van der Waals surface area contributed by atoms with E-state index >= 15 is 0 Å². The summed E-state index contributed by atoms with van der Waals surface area (Å²) in [5.41, 5.74) is 0.909. The quantitative estimate of drug-likeness (QED) is 0.678. The number of thioether (sulfide) groups is 1. The van der Waals surface area contributed by atoms with E-state index < -0.39 is 0 Å². The van der Waals surface area contributed by atoms with Gasteiger partial charge in [-0.2, -0.15) is 0 Å². The fraction of sp³-hybridized carbons (Fsp3) is 0.556. The van der Waals surface area contributed by atoms with Crippen LogP contribution in [0.25, 0.3) is 10.2 Å². The van der Waals surface area contributed by atoms with Gasteiger partial charge < -0.3 is 4.90 Å². The van der Waals surface area contributed by atoms with Gasteiger partial charge in [0.15, 0.2) is 4.34 Å². The zero-order valence-corrected chi connectivity index (χ0v) is 17.1. The zero-order chi connectivity index (χ0) is 17.8. The molecule has 2 aromatic rings. The number of hydrogen-bond acceptors (Lipinski definition) is 5. The first-order valence-corrected chi connectivity index (χ1v) is 11.0. The van der Waals surface area contributed by atoms with Crippen LogP contribution in [-0.4, -0.2) is 58.7 Å². The summed E-state index contributed by atoms with van der Waals surface area (Å²) in [5.74, 6) is 0.671. The molecule has 0 radical (unpaired) electrons. The third kappa shape index (κ3) is 4.67. The lowest BCUT2D eigenvalue weighted by atomic mass is 10.1. The highest BCUT2D eigenvalue weighted by Crippen LogP contribution is 2.31. The van der Waals surface area contributed by atoms with Crippen molar-refractivity contribution >= 4 is 50.8 Å². The first-order valence-electron chi connectivity index (χ1n) is 8.81. The number of carbonyl (C=O) groups excluding carboxylic acids is 1. The molecule has 1 saturated heterocycles. The maximum Gasteiger partial charge on any atom is 0.233 e. The number of benzene rings is 1. The second kappa shape index (κ2) is 8.71. The normalized spacial score (nSPS) is 16.1. The van der Waals surface area contributed by atoms with E-state index in [0.29, 0.717) is 16.8 Å². The predicted octanol–water partition coefficient (Wildman–Crippen LogP) is 4.37. The van der Waals surface area contributed by atoms with Gasteiger partial charge in [0.2, 0.25) is 5.91 Å². The second-order valence-electron chi connectivity index (χ2n) is 6.27. The summed E-state index contributed by atoms with van der Waals surface area (Å²) in [6, 6.07) is 6.39. The maximum atomic E-state index is 12.5. The van der Waals surface area contributed by atoms with Gasteiger partial charge >= 0.3 is 0 Å². The number of aromatic nitrogens is 1. The van der Waals surface area contributed by atoms with Crippen LogP contribution in [0.3, 0.4) is 0 Å². The molecule has 136 valence electrons. The van der Waals surface area contributed by atoms with Crippen molar-refractivity contribution in [2.24, 2.45) is 0 Å². The van der Waals surface area contributed by atoms with Crippen LogP contribution in [0.15, 0.2) is 22.5 Å². The van der Waals surface area contributed by atoms with E-state index in [4.69, 9.17) is 11.6 Å². The summed E-state index contributed by atoms with van der Waals surface area (Å²) >= 11 is 9.15. The summed E-state index contributed by atoms with van der Waals surface area (Å²) in [5, 5.41) is 0.695. The lowest BCUT2D eigenvalue weighted by molar-refractivity contribution is -0.130. The lowest BCUT2D eigenvalue weighted by Crippen LogP contribution is -2.52. The molecule has 0 spiro atoms. The van der Waals surface area contributed by atoms with E-state index in [0.717, 1.165) is 40.7 Å². The van der Waals surface area contributed by atoms with E-state index in [2.05, 4.69) is 23.7 Å². The molecule has 0 atom stereocenters. The summed E-state index contributed by atoms with van der Waals surface area (Å²) in [6.07, 6.45) is 2.36. The molecule has 1 aromatic heterocycles. The molecule has 1 amide bonds. The van der Waals surface area contributed by atoms with E-state index in [1.165, 1.54) is 24.6 Å². The Bertz CT molecular complexity index is 724. The van der Waals surface area contributed by atoms with Crippen molar-refractivity contribution in [1.29, 1.82) is 0 Å². The molecule has 2 heterocycles. The Balaban J connectivity index is 1.51. The first kappa shape index (κ1) is 19.0. The molecule has 4 nitrogen and oxygen atoms in total. The van der Waals surface area contributed by atoms with Crippen molar-refractivity contribution in [1.82, 2.24) is 14.8 Å². The second-order valence-corrected chi connectivity index (χ2v) is 8.96. The largest absolute Gasteiger partial charge is 0.339 e. The Morgan fingerprint density at radius 1 is 1.28 bits per heavy atom. The number of nitrogens with zero attached hydrogens (tertiary/aromatic N) is 3. The van der Waals surface area contributed by atoms with Crippen molar-refractivity contribution < 1.29 is 4.79 Å².